The Bertz CT molecular complexity index is 445. The molecule has 1 aromatic rings. The molecular weight excluding hydrogens is 266 g/mol. The fourth-order valence-corrected chi connectivity index (χ4v) is 2.39. The van der Waals surface area contributed by atoms with E-state index in [9.17, 15) is 9.90 Å². The molecule has 0 saturated carbocycles. The zero-order valence-corrected chi connectivity index (χ0v) is 11.7. The molecule has 0 bridgehead atoms. The quantitative estimate of drug-likeness (QED) is 0.832. The third-order valence-electron chi connectivity index (χ3n) is 3.24. The van der Waals surface area contributed by atoms with Crippen molar-refractivity contribution in [3.8, 4) is 0 Å². The van der Waals surface area contributed by atoms with Gasteiger partial charge in [0.25, 0.3) is 5.91 Å². The molecule has 1 aromatic heterocycles. The number of aliphatic hydroxyl groups excluding tert-OH is 1. The van der Waals surface area contributed by atoms with Gasteiger partial charge in [-0.1, -0.05) is 11.6 Å². The minimum atomic E-state index is -0.912. The molecule has 0 spiro atoms. The Kier molecular flexibility index (Phi) is 4.74. The van der Waals surface area contributed by atoms with Gasteiger partial charge in [0.15, 0.2) is 0 Å². The maximum atomic E-state index is 11.6. The summed E-state index contributed by atoms with van der Waals surface area (Å²) >= 11 is 5.85. The van der Waals surface area contributed by atoms with Gasteiger partial charge in [-0.15, -0.1) is 0 Å². The largest absolute Gasteiger partial charge is 0.384 e. The molecule has 1 saturated heterocycles. The van der Waals surface area contributed by atoms with Gasteiger partial charge in [-0.25, -0.2) is 4.98 Å². The third-order valence-corrected chi connectivity index (χ3v) is 3.45. The Labute approximate surface area is 117 Å². The number of nitrogens with zero attached hydrogens (tertiary/aromatic N) is 3. The molecule has 1 unspecified atom stereocenters. The van der Waals surface area contributed by atoms with Crippen LogP contribution in [0, 0.1) is 0 Å². The predicted octanol–water partition coefficient (Wildman–Crippen LogP) is 0.760. The maximum Gasteiger partial charge on any atom is 0.251 e. The molecule has 0 aliphatic carbocycles. The predicted molar refractivity (Wildman–Crippen MR) is 72.8 cm³/mol. The lowest BCUT2D eigenvalue weighted by Crippen LogP contribution is -2.50. The highest BCUT2D eigenvalue weighted by molar-refractivity contribution is 6.29. The summed E-state index contributed by atoms with van der Waals surface area (Å²) in [6, 6.07) is 3.80. The number of aromatic nitrogens is 1. The van der Waals surface area contributed by atoms with E-state index in [1.54, 1.807) is 11.1 Å². The molecule has 1 N–H and O–H groups in total. The van der Waals surface area contributed by atoms with Gasteiger partial charge in [0.1, 0.15) is 11.3 Å². The van der Waals surface area contributed by atoms with Crippen LogP contribution in [0.25, 0.3) is 0 Å². The van der Waals surface area contributed by atoms with E-state index in [1.807, 2.05) is 12.1 Å². The second kappa shape index (κ2) is 6.32. The highest BCUT2D eigenvalue weighted by atomic mass is 35.5. The number of aliphatic hydroxyl groups is 1. The van der Waals surface area contributed by atoms with E-state index >= 15 is 0 Å². The summed E-state index contributed by atoms with van der Waals surface area (Å²) in [6.45, 7) is 5.23. The topological polar surface area (TPSA) is 56.7 Å². The van der Waals surface area contributed by atoms with Gasteiger partial charge in [0.2, 0.25) is 0 Å². The first kappa shape index (κ1) is 14.2. The number of rotatable bonds is 3. The second-order valence-electron chi connectivity index (χ2n) is 4.76. The van der Waals surface area contributed by atoms with Crippen molar-refractivity contribution in [1.82, 2.24) is 14.8 Å². The van der Waals surface area contributed by atoms with E-state index in [0.717, 1.165) is 25.2 Å². The summed E-state index contributed by atoms with van der Waals surface area (Å²) in [4.78, 5) is 19.6. The molecule has 1 aliphatic heterocycles. The van der Waals surface area contributed by atoms with E-state index < -0.39 is 6.10 Å². The van der Waals surface area contributed by atoms with Crippen molar-refractivity contribution in [3.63, 3.8) is 0 Å². The van der Waals surface area contributed by atoms with E-state index in [0.29, 0.717) is 18.2 Å². The van der Waals surface area contributed by atoms with Gasteiger partial charge in [-0.3, -0.25) is 9.69 Å². The number of amides is 1. The molecular formula is C13H18ClN3O2. The van der Waals surface area contributed by atoms with E-state index in [-0.39, 0.29) is 5.91 Å². The molecule has 6 heteroatoms. The van der Waals surface area contributed by atoms with Crippen LogP contribution in [-0.4, -0.2) is 58.1 Å². The van der Waals surface area contributed by atoms with E-state index in [4.69, 9.17) is 11.6 Å². The van der Waals surface area contributed by atoms with Crippen LogP contribution in [0.5, 0.6) is 0 Å². The first-order valence-electron chi connectivity index (χ1n) is 6.36. The molecule has 1 amide bonds. The standard InChI is InChI=1S/C13H18ClN3O2/c1-10(18)13(19)17-6-4-16(5-7-17)9-11-2-3-15-12(14)8-11/h2-3,8,10,18H,4-7,9H2,1H3. The summed E-state index contributed by atoms with van der Waals surface area (Å²) < 4.78 is 0. The lowest BCUT2D eigenvalue weighted by Gasteiger charge is -2.35. The van der Waals surface area contributed by atoms with Crippen molar-refractivity contribution < 1.29 is 9.90 Å². The molecule has 1 atom stereocenters. The van der Waals surface area contributed by atoms with Crippen LogP contribution in [0.1, 0.15) is 12.5 Å². The van der Waals surface area contributed by atoms with Crippen LogP contribution in [-0.2, 0) is 11.3 Å². The SMILES string of the molecule is CC(O)C(=O)N1CCN(Cc2ccnc(Cl)c2)CC1. The fourth-order valence-electron chi connectivity index (χ4n) is 2.19. The first-order valence-corrected chi connectivity index (χ1v) is 6.73. The maximum absolute atomic E-state index is 11.6. The smallest absolute Gasteiger partial charge is 0.251 e. The zero-order valence-electron chi connectivity index (χ0n) is 10.9. The Morgan fingerprint density at radius 3 is 2.74 bits per heavy atom. The third kappa shape index (κ3) is 3.89. The van der Waals surface area contributed by atoms with Gasteiger partial charge >= 0.3 is 0 Å². The highest BCUT2D eigenvalue weighted by Gasteiger charge is 2.23. The van der Waals surface area contributed by atoms with Crippen molar-refractivity contribution in [1.29, 1.82) is 0 Å². The Morgan fingerprint density at radius 2 is 2.16 bits per heavy atom. The number of pyridine rings is 1. The number of hydrogen-bond donors (Lipinski definition) is 1. The molecule has 2 heterocycles. The molecule has 1 aliphatic rings. The summed E-state index contributed by atoms with van der Waals surface area (Å²) in [5.74, 6) is -0.188. The molecule has 0 aromatic carbocycles. The number of carbonyl (C=O) groups is 1. The summed E-state index contributed by atoms with van der Waals surface area (Å²) in [5.41, 5.74) is 1.12. The van der Waals surface area contributed by atoms with Gasteiger partial charge in [0, 0.05) is 38.9 Å². The van der Waals surface area contributed by atoms with Gasteiger partial charge in [-0.2, -0.15) is 0 Å². The van der Waals surface area contributed by atoms with Crippen LogP contribution in [0.15, 0.2) is 18.3 Å². The highest BCUT2D eigenvalue weighted by Crippen LogP contribution is 2.12. The van der Waals surface area contributed by atoms with E-state index in [1.165, 1.54) is 6.92 Å². The van der Waals surface area contributed by atoms with Crippen LogP contribution in [0.3, 0.4) is 0 Å². The average molecular weight is 284 g/mol. The summed E-state index contributed by atoms with van der Waals surface area (Å²) in [5, 5.41) is 9.78. The zero-order chi connectivity index (χ0) is 13.8. The van der Waals surface area contributed by atoms with Gasteiger partial charge < -0.3 is 10.0 Å². The Balaban J connectivity index is 1.85. The summed E-state index contributed by atoms with van der Waals surface area (Å²) in [6.07, 6.45) is 0.788. The molecule has 19 heavy (non-hydrogen) atoms. The number of halogens is 1. The monoisotopic (exact) mass is 283 g/mol. The van der Waals surface area contributed by atoms with Crippen LogP contribution >= 0.6 is 11.6 Å². The van der Waals surface area contributed by atoms with Crippen molar-refractivity contribution in [2.75, 3.05) is 26.2 Å². The molecule has 1 fully saturated rings. The lowest BCUT2D eigenvalue weighted by atomic mass is 10.2. The molecule has 5 nitrogen and oxygen atoms in total. The summed E-state index contributed by atoms with van der Waals surface area (Å²) in [7, 11) is 0. The van der Waals surface area contributed by atoms with Gasteiger partial charge in [0.05, 0.1) is 0 Å². The van der Waals surface area contributed by atoms with Crippen molar-refractivity contribution in [2.24, 2.45) is 0 Å². The number of hydrogen-bond acceptors (Lipinski definition) is 4. The normalized spacial score (nSPS) is 18.4. The van der Waals surface area contributed by atoms with Crippen molar-refractivity contribution >= 4 is 17.5 Å². The molecule has 104 valence electrons. The average Bonchev–Trinajstić information content (AvgIpc) is 2.39. The fraction of sp³-hybridized carbons (Fsp3) is 0.538. The van der Waals surface area contributed by atoms with Crippen LogP contribution in [0.2, 0.25) is 5.15 Å². The Morgan fingerprint density at radius 1 is 1.47 bits per heavy atom. The van der Waals surface area contributed by atoms with E-state index in [2.05, 4.69) is 9.88 Å². The van der Waals surface area contributed by atoms with Gasteiger partial charge in [-0.05, 0) is 24.6 Å². The van der Waals surface area contributed by atoms with Crippen molar-refractivity contribution in [2.45, 2.75) is 19.6 Å². The van der Waals surface area contributed by atoms with Crippen LogP contribution in [0.4, 0.5) is 0 Å². The van der Waals surface area contributed by atoms with Crippen molar-refractivity contribution in [3.05, 3.63) is 29.0 Å². The molecule has 0 radical (unpaired) electrons. The molecule has 2 rings (SSSR count). The lowest BCUT2D eigenvalue weighted by molar-refractivity contribution is -0.141. The Hall–Kier alpha value is -1.17. The number of piperazine rings is 1. The minimum Gasteiger partial charge on any atom is -0.384 e. The number of carbonyl (C=O) groups excluding carboxylic acids is 1. The second-order valence-corrected chi connectivity index (χ2v) is 5.15. The van der Waals surface area contributed by atoms with Crippen LogP contribution < -0.4 is 0 Å². The first-order chi connectivity index (χ1) is 9.06. The minimum absolute atomic E-state index is 0.188.